The van der Waals surface area contributed by atoms with Crippen molar-refractivity contribution in [3.63, 3.8) is 0 Å². The van der Waals surface area contributed by atoms with Crippen molar-refractivity contribution < 1.29 is 23.5 Å². The molecule has 0 bridgehead atoms. The van der Waals surface area contributed by atoms with Gasteiger partial charge in [-0.3, -0.25) is 4.79 Å². The molecule has 1 rings (SSSR count). The minimum absolute atomic E-state index is 0.0235. The summed E-state index contributed by atoms with van der Waals surface area (Å²) < 4.78 is 23.9. The molecular weight excluding hydrogens is 329 g/mol. The summed E-state index contributed by atoms with van der Waals surface area (Å²) in [6.07, 6.45) is 2.55. The van der Waals surface area contributed by atoms with Gasteiger partial charge in [0, 0.05) is 12.1 Å². The van der Waals surface area contributed by atoms with Crippen LogP contribution < -0.4 is 21.5 Å². The van der Waals surface area contributed by atoms with Crippen LogP contribution in [0.1, 0.15) is 31.1 Å². The summed E-state index contributed by atoms with van der Waals surface area (Å²) in [6.45, 7) is 5.95. The zero-order chi connectivity index (χ0) is 19.2. The molecule has 8 heteroatoms. The largest absolute Gasteiger partial charge is 0.495 e. The van der Waals surface area contributed by atoms with Crippen LogP contribution in [-0.4, -0.2) is 31.8 Å². The van der Waals surface area contributed by atoms with E-state index in [1.807, 2.05) is 20.8 Å². The maximum absolute atomic E-state index is 14.1. The minimum atomic E-state index is -0.877. The third kappa shape index (κ3) is 5.98. The van der Waals surface area contributed by atoms with E-state index in [9.17, 15) is 14.0 Å². The first-order valence-corrected chi connectivity index (χ1v) is 7.59. The van der Waals surface area contributed by atoms with Gasteiger partial charge in [0.05, 0.1) is 18.4 Å². The van der Waals surface area contributed by atoms with Crippen LogP contribution in [0.5, 0.6) is 5.75 Å². The number of nitrogens with two attached hydrogens (primary N) is 2. The number of rotatable bonds is 7. The summed E-state index contributed by atoms with van der Waals surface area (Å²) in [7, 11) is 1.41. The Hall–Kier alpha value is -2.77. The second-order valence-corrected chi connectivity index (χ2v) is 6.44. The van der Waals surface area contributed by atoms with Crippen molar-refractivity contribution in [3.8, 4) is 5.75 Å². The van der Waals surface area contributed by atoms with Gasteiger partial charge in [-0.25, -0.2) is 9.18 Å². The van der Waals surface area contributed by atoms with Gasteiger partial charge in [-0.2, -0.15) is 0 Å². The fraction of sp³-hybridized carbons (Fsp3) is 0.412. The molecule has 1 aromatic carbocycles. The van der Waals surface area contributed by atoms with Crippen LogP contribution in [-0.2, 0) is 4.74 Å². The van der Waals surface area contributed by atoms with E-state index in [1.54, 1.807) is 12.2 Å². The van der Waals surface area contributed by atoms with Gasteiger partial charge in [0.1, 0.15) is 18.2 Å². The Morgan fingerprint density at radius 1 is 1.32 bits per heavy atom. The lowest BCUT2D eigenvalue weighted by Gasteiger charge is -2.30. The number of carbonyl (C=O) groups is 2. The third-order valence-corrected chi connectivity index (χ3v) is 3.45. The molecule has 0 spiro atoms. The summed E-state index contributed by atoms with van der Waals surface area (Å²) in [5.41, 5.74) is 9.91. The number of hydrogen-bond donors (Lipinski definition) is 3. The van der Waals surface area contributed by atoms with Gasteiger partial charge in [0.2, 0.25) is 0 Å². The number of hydrogen-bond acceptors (Lipinski definition) is 5. The molecule has 0 aliphatic rings. The van der Waals surface area contributed by atoms with E-state index in [2.05, 4.69) is 10.1 Å². The Balaban J connectivity index is 3.10. The fourth-order valence-corrected chi connectivity index (χ4v) is 2.07. The Labute approximate surface area is 146 Å². The fourth-order valence-electron chi connectivity index (χ4n) is 2.07. The van der Waals surface area contributed by atoms with Crippen molar-refractivity contribution in [2.24, 2.45) is 16.9 Å². The second kappa shape index (κ2) is 8.36. The van der Waals surface area contributed by atoms with Crippen molar-refractivity contribution in [1.29, 1.82) is 0 Å². The Morgan fingerprint density at radius 2 is 1.96 bits per heavy atom. The molecule has 0 saturated heterocycles. The highest BCUT2D eigenvalue weighted by Crippen LogP contribution is 2.32. The highest BCUT2D eigenvalue weighted by atomic mass is 19.1. The van der Waals surface area contributed by atoms with Crippen LogP contribution in [0.25, 0.3) is 0 Å². The van der Waals surface area contributed by atoms with Crippen LogP contribution in [0.3, 0.4) is 0 Å². The summed E-state index contributed by atoms with van der Waals surface area (Å²) in [5, 5.41) is 3.16. The van der Waals surface area contributed by atoms with Gasteiger partial charge < -0.3 is 26.3 Å². The van der Waals surface area contributed by atoms with Crippen LogP contribution in [0, 0.1) is 11.2 Å². The number of benzene rings is 1. The van der Waals surface area contributed by atoms with Crippen molar-refractivity contribution in [1.82, 2.24) is 0 Å². The van der Waals surface area contributed by atoms with Crippen LogP contribution in [0.15, 0.2) is 24.3 Å². The molecule has 25 heavy (non-hydrogen) atoms. The lowest BCUT2D eigenvalue weighted by Crippen LogP contribution is -2.32. The maximum atomic E-state index is 14.1. The SMILES string of the molecule is COc1cc(C(N)=O)c(F)cc1NC(C=CCOC(N)=O)C(C)(C)C. The standard InChI is InChI=1S/C17H24FN3O4/c1-17(2,3)14(6-5-7-25-16(20)23)21-12-9-11(18)10(15(19)22)8-13(12)24-4/h5-6,8-9,14,21H,7H2,1-4H3,(H2,19,22)(H2,20,23). The smallest absolute Gasteiger partial charge is 0.404 e. The number of nitrogens with one attached hydrogen (secondary N) is 1. The molecule has 0 radical (unpaired) electrons. The lowest BCUT2D eigenvalue weighted by molar-refractivity contribution is 0.0996. The van der Waals surface area contributed by atoms with Crippen molar-refractivity contribution >= 4 is 17.7 Å². The number of primary amides is 2. The van der Waals surface area contributed by atoms with E-state index in [1.165, 1.54) is 13.2 Å². The molecule has 1 aromatic rings. The van der Waals surface area contributed by atoms with Gasteiger partial charge in [0.25, 0.3) is 5.91 Å². The number of anilines is 1. The molecule has 7 nitrogen and oxygen atoms in total. The van der Waals surface area contributed by atoms with Gasteiger partial charge in [-0.1, -0.05) is 26.8 Å². The molecule has 0 saturated carbocycles. The first-order chi connectivity index (χ1) is 11.6. The van der Waals surface area contributed by atoms with E-state index in [0.717, 1.165) is 6.07 Å². The Bertz CT molecular complexity index is 669. The molecule has 1 atom stereocenters. The van der Waals surface area contributed by atoms with Crippen LogP contribution >= 0.6 is 0 Å². The molecular formula is C17H24FN3O4. The van der Waals surface area contributed by atoms with E-state index in [0.29, 0.717) is 5.69 Å². The van der Waals surface area contributed by atoms with E-state index in [4.69, 9.17) is 16.2 Å². The number of halogens is 1. The molecule has 0 aromatic heterocycles. The topological polar surface area (TPSA) is 117 Å². The average Bonchev–Trinajstić information content (AvgIpc) is 2.48. The predicted molar refractivity (Wildman–Crippen MR) is 93.0 cm³/mol. The van der Waals surface area contributed by atoms with Crippen LogP contribution in [0.4, 0.5) is 14.9 Å². The van der Waals surface area contributed by atoms with Gasteiger partial charge in [0.15, 0.2) is 0 Å². The first kappa shape index (κ1) is 20.3. The lowest BCUT2D eigenvalue weighted by atomic mass is 9.86. The van der Waals surface area contributed by atoms with E-state index in [-0.39, 0.29) is 29.4 Å². The summed E-state index contributed by atoms with van der Waals surface area (Å²) in [4.78, 5) is 21.8. The summed E-state index contributed by atoms with van der Waals surface area (Å²) in [5.74, 6) is -1.34. The third-order valence-electron chi connectivity index (χ3n) is 3.45. The highest BCUT2D eigenvalue weighted by Gasteiger charge is 2.24. The summed E-state index contributed by atoms with van der Waals surface area (Å²) >= 11 is 0. The molecule has 0 aliphatic heterocycles. The predicted octanol–water partition coefficient (Wildman–Crippen LogP) is 2.41. The highest BCUT2D eigenvalue weighted by molar-refractivity contribution is 5.94. The maximum Gasteiger partial charge on any atom is 0.404 e. The number of amides is 2. The molecule has 5 N–H and O–H groups in total. The van der Waals surface area contributed by atoms with Crippen molar-refractivity contribution in [2.45, 2.75) is 26.8 Å². The van der Waals surface area contributed by atoms with Crippen molar-refractivity contribution in [3.05, 3.63) is 35.7 Å². The van der Waals surface area contributed by atoms with E-state index < -0.39 is 17.8 Å². The first-order valence-electron chi connectivity index (χ1n) is 7.59. The zero-order valence-corrected chi connectivity index (χ0v) is 14.8. The van der Waals surface area contributed by atoms with Crippen molar-refractivity contribution in [2.75, 3.05) is 19.0 Å². The minimum Gasteiger partial charge on any atom is -0.495 e. The Morgan fingerprint density at radius 3 is 2.44 bits per heavy atom. The van der Waals surface area contributed by atoms with Crippen LogP contribution in [0.2, 0.25) is 0 Å². The molecule has 0 fully saturated rings. The van der Waals surface area contributed by atoms with Gasteiger partial charge in [-0.05, 0) is 17.6 Å². The molecule has 138 valence electrons. The summed E-state index contributed by atoms with van der Waals surface area (Å²) in [6, 6.07) is 2.15. The van der Waals surface area contributed by atoms with Gasteiger partial charge in [-0.15, -0.1) is 0 Å². The average molecular weight is 353 g/mol. The number of methoxy groups -OCH3 is 1. The number of ether oxygens (including phenoxy) is 2. The quantitative estimate of drug-likeness (QED) is 0.651. The zero-order valence-electron chi connectivity index (χ0n) is 14.8. The van der Waals surface area contributed by atoms with Gasteiger partial charge >= 0.3 is 6.09 Å². The Kier molecular flexibility index (Phi) is 6.78. The molecule has 0 aliphatic carbocycles. The number of carbonyl (C=O) groups excluding carboxylic acids is 2. The second-order valence-electron chi connectivity index (χ2n) is 6.44. The normalized spacial score (nSPS) is 12.7. The monoisotopic (exact) mass is 353 g/mol. The molecule has 0 heterocycles. The molecule has 2 amide bonds. The van der Waals surface area contributed by atoms with E-state index >= 15 is 0 Å². The molecule has 1 unspecified atom stereocenters.